The maximum absolute atomic E-state index is 11.2. The molecule has 0 spiro atoms. The molecule has 0 aliphatic heterocycles. The van der Waals surface area contributed by atoms with E-state index >= 15 is 0 Å². The lowest BCUT2D eigenvalue weighted by Crippen LogP contribution is -2.40. The van der Waals surface area contributed by atoms with E-state index in [1.54, 1.807) is 20.8 Å². The summed E-state index contributed by atoms with van der Waals surface area (Å²) in [5, 5.41) is 15.1. The molecule has 3 N–H and O–H groups in total. The predicted molar refractivity (Wildman–Crippen MR) is 117 cm³/mol. The molecule has 6 heteroatoms. The second kappa shape index (κ2) is 13.6. The Bertz CT molecular complexity index is 474. The summed E-state index contributed by atoms with van der Waals surface area (Å²) in [7, 11) is 0. The Morgan fingerprint density at radius 1 is 1.03 bits per heavy atom. The largest absolute Gasteiger partial charge is 0.481 e. The summed E-state index contributed by atoms with van der Waals surface area (Å²) < 4.78 is 4.98. The number of ether oxygens (including phenoxy) is 1. The second-order valence-corrected chi connectivity index (χ2v) is 9.28. The van der Waals surface area contributed by atoms with Crippen LogP contribution in [0.15, 0.2) is 12.7 Å². The topological polar surface area (TPSA) is 87.7 Å². The lowest BCUT2D eigenvalue weighted by Gasteiger charge is -2.30. The first-order chi connectivity index (χ1) is 13.7. The van der Waals surface area contributed by atoms with Crippen molar-refractivity contribution in [2.24, 2.45) is 5.92 Å². The van der Waals surface area contributed by atoms with Crippen molar-refractivity contribution in [1.29, 1.82) is 0 Å². The van der Waals surface area contributed by atoms with Crippen molar-refractivity contribution in [3.63, 3.8) is 0 Å². The molecule has 1 amide bonds. The number of hydrogen-bond acceptors (Lipinski definition) is 4. The summed E-state index contributed by atoms with van der Waals surface area (Å²) in [5.74, 6) is -1.62. The molecular formula is C23H42N2O4. The van der Waals surface area contributed by atoms with Crippen LogP contribution in [0.2, 0.25) is 0 Å². The molecule has 29 heavy (non-hydrogen) atoms. The Morgan fingerprint density at radius 3 is 1.90 bits per heavy atom. The van der Waals surface area contributed by atoms with Crippen LogP contribution >= 0.6 is 0 Å². The highest BCUT2D eigenvalue weighted by Gasteiger charge is 2.20. The van der Waals surface area contributed by atoms with Gasteiger partial charge < -0.3 is 20.5 Å². The molecular weight excluding hydrogens is 368 g/mol. The van der Waals surface area contributed by atoms with Gasteiger partial charge in [0.2, 0.25) is 0 Å². The number of carboxylic acid groups (broad SMARTS) is 1. The molecule has 2 fully saturated rings. The van der Waals surface area contributed by atoms with E-state index in [0.29, 0.717) is 6.42 Å². The quantitative estimate of drug-likeness (QED) is 0.512. The van der Waals surface area contributed by atoms with Crippen LogP contribution in [-0.2, 0) is 9.53 Å². The highest BCUT2D eigenvalue weighted by molar-refractivity contribution is 5.72. The van der Waals surface area contributed by atoms with Gasteiger partial charge in [0.15, 0.2) is 0 Å². The predicted octanol–water partition coefficient (Wildman–Crippen LogP) is 5.03. The minimum Gasteiger partial charge on any atom is -0.481 e. The first kappa shape index (κ1) is 25.5. The fourth-order valence-electron chi connectivity index (χ4n) is 3.87. The molecule has 0 aromatic rings. The Balaban J connectivity index is 0.000000294. The Morgan fingerprint density at radius 2 is 1.52 bits per heavy atom. The summed E-state index contributed by atoms with van der Waals surface area (Å²) in [6, 6.07) is 1.74. The van der Waals surface area contributed by atoms with Gasteiger partial charge in [0.1, 0.15) is 5.60 Å². The normalized spacial score (nSPS) is 19.4. The summed E-state index contributed by atoms with van der Waals surface area (Å²) in [5.41, 5.74) is -0.582. The van der Waals surface area contributed by atoms with Gasteiger partial charge in [-0.2, -0.15) is 0 Å². The van der Waals surface area contributed by atoms with Crippen molar-refractivity contribution in [3.05, 3.63) is 12.7 Å². The average Bonchev–Trinajstić information content (AvgIpc) is 2.66. The number of amides is 1. The molecule has 0 saturated heterocycles. The van der Waals surface area contributed by atoms with E-state index in [0.717, 1.165) is 12.1 Å². The molecule has 6 nitrogen and oxygen atoms in total. The van der Waals surface area contributed by atoms with Crippen molar-refractivity contribution < 1.29 is 19.4 Å². The average molecular weight is 411 g/mol. The van der Waals surface area contributed by atoms with E-state index in [4.69, 9.17) is 9.84 Å². The molecule has 0 heterocycles. The molecule has 0 aromatic carbocycles. The Kier molecular flexibility index (Phi) is 12.0. The second-order valence-electron chi connectivity index (χ2n) is 9.28. The van der Waals surface area contributed by atoms with Crippen LogP contribution < -0.4 is 10.6 Å². The smallest absolute Gasteiger partial charge is 0.407 e. The van der Waals surface area contributed by atoms with Gasteiger partial charge >= 0.3 is 12.1 Å². The molecule has 2 aliphatic carbocycles. The Hall–Kier alpha value is -1.56. The highest BCUT2D eigenvalue weighted by atomic mass is 16.6. The lowest BCUT2D eigenvalue weighted by molar-refractivity contribution is -0.141. The first-order valence-electron chi connectivity index (χ1n) is 11.3. The number of allylic oxidation sites excluding steroid dienone is 1. The summed E-state index contributed by atoms with van der Waals surface area (Å²) in [6.45, 7) is 8.72. The minimum absolute atomic E-state index is 0.0380. The number of hydrogen-bond donors (Lipinski definition) is 3. The number of rotatable bonds is 7. The van der Waals surface area contributed by atoms with Gasteiger partial charge in [-0.25, -0.2) is 4.79 Å². The zero-order valence-electron chi connectivity index (χ0n) is 18.7. The molecule has 1 unspecified atom stereocenters. The molecule has 2 rings (SSSR count). The molecule has 2 saturated carbocycles. The zero-order chi connectivity index (χ0) is 21.7. The number of carbonyl (C=O) groups excluding carboxylic acids is 1. The number of alkyl carbamates (subject to hydrolysis) is 1. The van der Waals surface area contributed by atoms with Crippen molar-refractivity contribution in [2.75, 3.05) is 6.54 Å². The monoisotopic (exact) mass is 410 g/mol. The third kappa shape index (κ3) is 12.6. The van der Waals surface area contributed by atoms with Gasteiger partial charge in [-0.3, -0.25) is 4.79 Å². The number of aliphatic carboxylic acids is 1. The lowest BCUT2D eigenvalue weighted by atomic mass is 9.91. The van der Waals surface area contributed by atoms with Gasteiger partial charge in [0.25, 0.3) is 0 Å². The fraction of sp³-hybridized carbons (Fsp3) is 0.826. The number of carboxylic acids is 1. The molecule has 0 bridgehead atoms. The van der Waals surface area contributed by atoms with Gasteiger partial charge in [0.05, 0.1) is 5.92 Å². The van der Waals surface area contributed by atoms with Gasteiger partial charge in [0, 0.05) is 18.6 Å². The molecule has 168 valence electrons. The molecule has 2 aliphatic rings. The molecule has 0 radical (unpaired) electrons. The summed E-state index contributed by atoms with van der Waals surface area (Å²) in [4.78, 5) is 22.0. The van der Waals surface area contributed by atoms with Crippen LogP contribution in [0.25, 0.3) is 0 Å². The SMILES string of the molecule is C1CCC(NC2CCCCC2)CC1.C=CCC(CNC(=O)OC(C)(C)C)C(=O)O. The van der Waals surface area contributed by atoms with E-state index in [9.17, 15) is 9.59 Å². The summed E-state index contributed by atoms with van der Waals surface area (Å²) >= 11 is 0. The van der Waals surface area contributed by atoms with Crippen LogP contribution in [0, 0.1) is 5.92 Å². The van der Waals surface area contributed by atoms with Crippen LogP contribution in [0.1, 0.15) is 91.4 Å². The van der Waals surface area contributed by atoms with Crippen molar-refractivity contribution in [1.82, 2.24) is 10.6 Å². The fourth-order valence-corrected chi connectivity index (χ4v) is 3.87. The van der Waals surface area contributed by atoms with Crippen LogP contribution in [0.5, 0.6) is 0 Å². The Labute approximate surface area is 176 Å². The van der Waals surface area contributed by atoms with Gasteiger partial charge in [-0.05, 0) is 52.9 Å². The van der Waals surface area contributed by atoms with Crippen LogP contribution in [0.4, 0.5) is 4.79 Å². The third-order valence-electron chi connectivity index (χ3n) is 5.37. The van der Waals surface area contributed by atoms with Crippen molar-refractivity contribution in [3.8, 4) is 0 Å². The molecule has 1 atom stereocenters. The standard InChI is InChI=1S/C12H23N.C11H19NO4/c1-3-7-11(8-4-1)13-12-9-5-2-6-10-12;1-5-6-8(9(13)14)7-12-10(15)16-11(2,3)4/h11-13H,1-10H2;5,8H,1,6-7H2,2-4H3,(H,12,15)(H,13,14). The highest BCUT2D eigenvalue weighted by Crippen LogP contribution is 2.22. The van der Waals surface area contributed by atoms with Crippen LogP contribution in [0.3, 0.4) is 0 Å². The minimum atomic E-state index is -0.962. The van der Waals surface area contributed by atoms with Crippen molar-refractivity contribution >= 4 is 12.1 Å². The number of nitrogens with one attached hydrogen (secondary N) is 2. The van der Waals surface area contributed by atoms with E-state index < -0.39 is 23.6 Å². The van der Waals surface area contributed by atoms with E-state index in [1.807, 2.05) is 0 Å². The first-order valence-corrected chi connectivity index (χ1v) is 11.3. The maximum atomic E-state index is 11.2. The number of carbonyl (C=O) groups is 2. The van der Waals surface area contributed by atoms with Gasteiger partial charge in [-0.1, -0.05) is 44.6 Å². The van der Waals surface area contributed by atoms with E-state index in [2.05, 4.69) is 17.2 Å². The van der Waals surface area contributed by atoms with Crippen molar-refractivity contribution in [2.45, 2.75) is 109 Å². The third-order valence-corrected chi connectivity index (χ3v) is 5.37. The van der Waals surface area contributed by atoms with Crippen LogP contribution in [-0.4, -0.2) is 41.4 Å². The van der Waals surface area contributed by atoms with E-state index in [-0.39, 0.29) is 6.54 Å². The molecule has 0 aromatic heterocycles. The zero-order valence-corrected chi connectivity index (χ0v) is 18.7. The maximum Gasteiger partial charge on any atom is 0.407 e. The van der Waals surface area contributed by atoms with Gasteiger partial charge in [-0.15, -0.1) is 6.58 Å². The van der Waals surface area contributed by atoms with E-state index in [1.165, 1.54) is 70.3 Å². The summed E-state index contributed by atoms with van der Waals surface area (Å²) in [6.07, 6.45) is 15.8.